The SMILES string of the molecule is Oc1cncc2ncncc12. The van der Waals surface area contributed by atoms with E-state index in [2.05, 4.69) is 15.0 Å². The first-order chi connectivity index (χ1) is 5.38. The van der Waals surface area contributed by atoms with Crippen molar-refractivity contribution in [2.45, 2.75) is 0 Å². The molecular weight excluding hydrogens is 142 g/mol. The molecule has 0 aliphatic heterocycles. The summed E-state index contributed by atoms with van der Waals surface area (Å²) >= 11 is 0. The number of hydrogen-bond donors (Lipinski definition) is 1. The Morgan fingerprint density at radius 2 is 2.00 bits per heavy atom. The highest BCUT2D eigenvalue weighted by Crippen LogP contribution is 2.18. The first-order valence-electron chi connectivity index (χ1n) is 3.10. The smallest absolute Gasteiger partial charge is 0.144 e. The van der Waals surface area contributed by atoms with Gasteiger partial charge in [0.1, 0.15) is 12.1 Å². The van der Waals surface area contributed by atoms with E-state index >= 15 is 0 Å². The lowest BCUT2D eigenvalue weighted by atomic mass is 10.3. The van der Waals surface area contributed by atoms with Gasteiger partial charge in [-0.2, -0.15) is 0 Å². The minimum Gasteiger partial charge on any atom is -0.506 e. The third-order valence-electron chi connectivity index (χ3n) is 1.41. The van der Waals surface area contributed by atoms with Crippen molar-refractivity contribution in [1.29, 1.82) is 0 Å². The van der Waals surface area contributed by atoms with Crippen LogP contribution in [0.3, 0.4) is 0 Å². The maximum atomic E-state index is 9.23. The van der Waals surface area contributed by atoms with Crippen LogP contribution in [0, 0.1) is 0 Å². The molecule has 0 amide bonds. The molecule has 0 fully saturated rings. The summed E-state index contributed by atoms with van der Waals surface area (Å²) in [5.74, 6) is 0.114. The largest absolute Gasteiger partial charge is 0.506 e. The van der Waals surface area contributed by atoms with Crippen molar-refractivity contribution < 1.29 is 5.11 Å². The van der Waals surface area contributed by atoms with Gasteiger partial charge in [0.25, 0.3) is 0 Å². The van der Waals surface area contributed by atoms with Crippen LogP contribution < -0.4 is 0 Å². The first-order valence-corrected chi connectivity index (χ1v) is 3.10. The lowest BCUT2D eigenvalue weighted by molar-refractivity contribution is 0.479. The lowest BCUT2D eigenvalue weighted by Gasteiger charge is -1.95. The van der Waals surface area contributed by atoms with Crippen molar-refractivity contribution in [1.82, 2.24) is 15.0 Å². The summed E-state index contributed by atoms with van der Waals surface area (Å²) < 4.78 is 0. The summed E-state index contributed by atoms with van der Waals surface area (Å²) in [6.45, 7) is 0. The van der Waals surface area contributed by atoms with E-state index in [1.54, 1.807) is 12.4 Å². The number of hydrogen-bond acceptors (Lipinski definition) is 4. The second kappa shape index (κ2) is 2.16. The second-order valence-electron chi connectivity index (χ2n) is 2.11. The van der Waals surface area contributed by atoms with Gasteiger partial charge in [0.15, 0.2) is 0 Å². The molecule has 2 heterocycles. The first kappa shape index (κ1) is 6.03. The fourth-order valence-corrected chi connectivity index (χ4v) is 0.887. The molecule has 4 heteroatoms. The van der Waals surface area contributed by atoms with Gasteiger partial charge in [-0.15, -0.1) is 0 Å². The molecule has 0 radical (unpaired) electrons. The molecule has 0 aliphatic carbocycles. The summed E-state index contributed by atoms with van der Waals surface area (Å²) in [4.78, 5) is 11.5. The molecule has 2 aromatic rings. The van der Waals surface area contributed by atoms with Gasteiger partial charge < -0.3 is 5.11 Å². The Hall–Kier alpha value is -1.71. The van der Waals surface area contributed by atoms with Crippen molar-refractivity contribution in [2.24, 2.45) is 0 Å². The number of nitrogens with zero attached hydrogens (tertiary/aromatic N) is 3. The van der Waals surface area contributed by atoms with Crippen LogP contribution in [0.25, 0.3) is 10.9 Å². The predicted molar refractivity (Wildman–Crippen MR) is 39.0 cm³/mol. The molecule has 0 spiro atoms. The van der Waals surface area contributed by atoms with Crippen molar-refractivity contribution >= 4 is 10.9 Å². The van der Waals surface area contributed by atoms with E-state index in [4.69, 9.17) is 0 Å². The maximum absolute atomic E-state index is 9.23. The van der Waals surface area contributed by atoms with Gasteiger partial charge in [0, 0.05) is 6.20 Å². The summed E-state index contributed by atoms with van der Waals surface area (Å²) in [6.07, 6.45) is 5.92. The lowest BCUT2D eigenvalue weighted by Crippen LogP contribution is -1.82. The number of rotatable bonds is 0. The van der Waals surface area contributed by atoms with Gasteiger partial charge in [-0.05, 0) is 0 Å². The number of fused-ring (bicyclic) bond motifs is 1. The molecule has 0 saturated heterocycles. The van der Waals surface area contributed by atoms with E-state index in [-0.39, 0.29) is 5.75 Å². The van der Waals surface area contributed by atoms with Gasteiger partial charge in [-0.25, -0.2) is 9.97 Å². The van der Waals surface area contributed by atoms with E-state index < -0.39 is 0 Å². The van der Waals surface area contributed by atoms with Crippen LogP contribution in [0.4, 0.5) is 0 Å². The highest BCUT2D eigenvalue weighted by molar-refractivity contribution is 5.82. The van der Waals surface area contributed by atoms with E-state index in [9.17, 15) is 5.11 Å². The van der Waals surface area contributed by atoms with Crippen LogP contribution in [0.2, 0.25) is 0 Å². The van der Waals surface area contributed by atoms with Crippen LogP contribution in [0.15, 0.2) is 24.9 Å². The molecule has 54 valence electrons. The van der Waals surface area contributed by atoms with E-state index in [0.29, 0.717) is 10.9 Å². The monoisotopic (exact) mass is 147 g/mol. The molecule has 0 atom stereocenters. The molecular formula is C7H5N3O. The van der Waals surface area contributed by atoms with Crippen molar-refractivity contribution in [2.75, 3.05) is 0 Å². The number of aromatic nitrogens is 3. The zero-order valence-corrected chi connectivity index (χ0v) is 5.60. The quantitative estimate of drug-likeness (QED) is 0.596. The Labute approximate surface area is 62.6 Å². The normalized spacial score (nSPS) is 10.2. The second-order valence-corrected chi connectivity index (χ2v) is 2.11. The average Bonchev–Trinajstić information content (AvgIpc) is 2.06. The average molecular weight is 147 g/mol. The third kappa shape index (κ3) is 0.881. The summed E-state index contributed by atoms with van der Waals surface area (Å²) in [6, 6.07) is 0. The zero-order chi connectivity index (χ0) is 7.68. The van der Waals surface area contributed by atoms with Gasteiger partial charge >= 0.3 is 0 Å². The Morgan fingerprint density at radius 3 is 2.82 bits per heavy atom. The molecule has 0 saturated carbocycles. The van der Waals surface area contributed by atoms with Crippen molar-refractivity contribution in [3.63, 3.8) is 0 Å². The molecule has 2 rings (SSSR count). The molecule has 2 aromatic heterocycles. The highest BCUT2D eigenvalue weighted by Gasteiger charge is 1.97. The Balaban J connectivity index is 2.91. The summed E-state index contributed by atoms with van der Waals surface area (Å²) in [5, 5.41) is 9.86. The molecule has 4 nitrogen and oxygen atoms in total. The predicted octanol–water partition coefficient (Wildman–Crippen LogP) is 0.730. The van der Waals surface area contributed by atoms with Crippen LogP contribution in [0.1, 0.15) is 0 Å². The van der Waals surface area contributed by atoms with E-state index in [0.717, 1.165) is 0 Å². The van der Waals surface area contributed by atoms with E-state index in [1.165, 1.54) is 12.5 Å². The number of aromatic hydroxyl groups is 1. The Morgan fingerprint density at radius 1 is 1.09 bits per heavy atom. The maximum Gasteiger partial charge on any atom is 0.144 e. The van der Waals surface area contributed by atoms with Crippen LogP contribution in [-0.2, 0) is 0 Å². The van der Waals surface area contributed by atoms with Crippen molar-refractivity contribution in [3.8, 4) is 5.75 Å². The third-order valence-corrected chi connectivity index (χ3v) is 1.41. The van der Waals surface area contributed by atoms with E-state index in [1.807, 2.05) is 0 Å². The van der Waals surface area contributed by atoms with Crippen LogP contribution in [0.5, 0.6) is 5.75 Å². The zero-order valence-electron chi connectivity index (χ0n) is 5.60. The minimum atomic E-state index is 0.114. The highest BCUT2D eigenvalue weighted by atomic mass is 16.3. The molecule has 1 N–H and O–H groups in total. The fourth-order valence-electron chi connectivity index (χ4n) is 0.887. The molecule has 0 bridgehead atoms. The van der Waals surface area contributed by atoms with Crippen molar-refractivity contribution in [3.05, 3.63) is 24.9 Å². The number of pyridine rings is 1. The van der Waals surface area contributed by atoms with Crippen LogP contribution in [-0.4, -0.2) is 20.1 Å². The molecule has 0 aliphatic rings. The van der Waals surface area contributed by atoms with Crippen LogP contribution >= 0.6 is 0 Å². The van der Waals surface area contributed by atoms with Gasteiger partial charge in [0.05, 0.1) is 23.3 Å². The van der Waals surface area contributed by atoms with Gasteiger partial charge in [-0.3, -0.25) is 4.98 Å². The Kier molecular flexibility index (Phi) is 1.18. The van der Waals surface area contributed by atoms with Gasteiger partial charge in [-0.1, -0.05) is 0 Å². The fraction of sp³-hybridized carbons (Fsp3) is 0. The molecule has 11 heavy (non-hydrogen) atoms. The molecule has 0 unspecified atom stereocenters. The summed E-state index contributed by atoms with van der Waals surface area (Å²) in [5.41, 5.74) is 0.653. The summed E-state index contributed by atoms with van der Waals surface area (Å²) in [7, 11) is 0. The van der Waals surface area contributed by atoms with Gasteiger partial charge in [0.2, 0.25) is 0 Å². The Bertz CT molecular complexity index is 383. The minimum absolute atomic E-state index is 0.114. The topological polar surface area (TPSA) is 58.9 Å². The standard InChI is InChI=1S/C7H5N3O/c11-7-3-8-2-6-5(7)1-9-4-10-6/h1-4,11H. The molecule has 0 aromatic carbocycles.